The molecule has 2 aromatic carbocycles. The molecule has 0 saturated carbocycles. The van der Waals surface area contributed by atoms with Crippen LogP contribution in [-0.2, 0) is 0 Å². The van der Waals surface area contributed by atoms with Crippen molar-refractivity contribution in [3.63, 3.8) is 0 Å². The Morgan fingerprint density at radius 2 is 1.71 bits per heavy atom. The normalized spacial score (nSPS) is 14.7. The second kappa shape index (κ2) is 10.4. The molecule has 31 heavy (non-hydrogen) atoms. The van der Waals surface area contributed by atoms with Crippen LogP contribution in [0.2, 0.25) is 0 Å². The van der Waals surface area contributed by atoms with Crippen molar-refractivity contribution in [3.05, 3.63) is 65.0 Å². The van der Waals surface area contributed by atoms with Crippen LogP contribution in [0.15, 0.2) is 59.4 Å². The van der Waals surface area contributed by atoms with Gasteiger partial charge in [-0.25, -0.2) is 0 Å². The van der Waals surface area contributed by atoms with Gasteiger partial charge in [-0.2, -0.15) is 0 Å². The standard InChI is InChI=1S/C25H31N3O3/c1-2-30-22-7-5-6-21(18-22)28-15-13-27(14-16-28)12-3-4-17-31-23-10-8-20-9-11-25(29)26-24(20)19-23/h5-11,18-19H,2-4,12-17H2,1H3,(H,26,29). The summed E-state index contributed by atoms with van der Waals surface area (Å²) in [5.74, 6) is 1.75. The molecular weight excluding hydrogens is 390 g/mol. The molecule has 0 amide bonds. The fourth-order valence-electron chi connectivity index (χ4n) is 4.01. The van der Waals surface area contributed by atoms with Crippen LogP contribution in [0, 0.1) is 0 Å². The quantitative estimate of drug-likeness (QED) is 0.531. The lowest BCUT2D eigenvalue weighted by molar-refractivity contribution is 0.238. The van der Waals surface area contributed by atoms with Gasteiger partial charge in [-0.05, 0) is 62.0 Å². The second-order valence-electron chi connectivity index (χ2n) is 7.89. The van der Waals surface area contributed by atoms with Gasteiger partial charge in [0.2, 0.25) is 5.56 Å². The molecule has 0 spiro atoms. The number of aromatic nitrogens is 1. The number of pyridine rings is 1. The summed E-state index contributed by atoms with van der Waals surface area (Å²) in [6.07, 6.45) is 2.13. The molecule has 164 valence electrons. The summed E-state index contributed by atoms with van der Waals surface area (Å²) in [5.41, 5.74) is 1.97. The van der Waals surface area contributed by atoms with E-state index in [2.05, 4.69) is 33.0 Å². The van der Waals surface area contributed by atoms with Crippen molar-refractivity contribution in [1.82, 2.24) is 9.88 Å². The van der Waals surface area contributed by atoms with Gasteiger partial charge in [-0.15, -0.1) is 0 Å². The molecule has 1 aromatic heterocycles. The van der Waals surface area contributed by atoms with Crippen molar-refractivity contribution in [2.75, 3.05) is 50.8 Å². The number of hydrogen-bond donors (Lipinski definition) is 1. The molecule has 2 heterocycles. The largest absolute Gasteiger partial charge is 0.494 e. The Morgan fingerprint density at radius 3 is 2.55 bits per heavy atom. The number of ether oxygens (including phenoxy) is 2. The molecule has 0 atom stereocenters. The summed E-state index contributed by atoms with van der Waals surface area (Å²) in [6, 6.07) is 17.6. The lowest BCUT2D eigenvalue weighted by Crippen LogP contribution is -2.46. The number of piperazine rings is 1. The van der Waals surface area contributed by atoms with Crippen molar-refractivity contribution in [2.45, 2.75) is 19.8 Å². The predicted octanol–water partition coefficient (Wildman–Crippen LogP) is 3.91. The lowest BCUT2D eigenvalue weighted by Gasteiger charge is -2.36. The highest BCUT2D eigenvalue weighted by atomic mass is 16.5. The molecule has 1 aliphatic rings. The van der Waals surface area contributed by atoms with Gasteiger partial charge in [0.1, 0.15) is 11.5 Å². The summed E-state index contributed by atoms with van der Waals surface area (Å²) < 4.78 is 11.5. The summed E-state index contributed by atoms with van der Waals surface area (Å²) in [7, 11) is 0. The van der Waals surface area contributed by atoms with E-state index in [0.29, 0.717) is 13.2 Å². The first-order chi connectivity index (χ1) is 15.2. The van der Waals surface area contributed by atoms with E-state index in [1.165, 1.54) is 5.69 Å². The lowest BCUT2D eigenvalue weighted by atomic mass is 10.2. The molecule has 6 heteroatoms. The zero-order valence-corrected chi connectivity index (χ0v) is 18.2. The minimum atomic E-state index is -0.0910. The Bertz CT molecular complexity index is 1040. The number of nitrogens with zero attached hydrogens (tertiary/aromatic N) is 2. The number of nitrogens with one attached hydrogen (secondary N) is 1. The molecule has 0 aliphatic carbocycles. The number of unbranched alkanes of at least 4 members (excludes halogenated alkanes) is 1. The van der Waals surface area contributed by atoms with E-state index in [0.717, 1.165) is 68.0 Å². The van der Waals surface area contributed by atoms with Gasteiger partial charge >= 0.3 is 0 Å². The molecule has 0 unspecified atom stereocenters. The van der Waals surface area contributed by atoms with E-state index in [1.54, 1.807) is 6.07 Å². The maximum atomic E-state index is 11.5. The van der Waals surface area contributed by atoms with Gasteiger partial charge in [0.15, 0.2) is 0 Å². The molecule has 1 N–H and O–H groups in total. The van der Waals surface area contributed by atoms with Gasteiger partial charge in [-0.1, -0.05) is 6.07 Å². The predicted molar refractivity (Wildman–Crippen MR) is 126 cm³/mol. The van der Waals surface area contributed by atoms with Gasteiger partial charge in [0, 0.05) is 50.1 Å². The smallest absolute Gasteiger partial charge is 0.248 e. The molecule has 1 aliphatic heterocycles. The topological polar surface area (TPSA) is 57.8 Å². The highest BCUT2D eigenvalue weighted by Crippen LogP contribution is 2.22. The molecule has 6 nitrogen and oxygen atoms in total. The van der Waals surface area contributed by atoms with Crippen molar-refractivity contribution in [1.29, 1.82) is 0 Å². The van der Waals surface area contributed by atoms with Crippen LogP contribution < -0.4 is 19.9 Å². The van der Waals surface area contributed by atoms with Crippen LogP contribution in [0.3, 0.4) is 0 Å². The number of H-pyrrole nitrogens is 1. The Kier molecular flexibility index (Phi) is 7.10. The van der Waals surface area contributed by atoms with Gasteiger partial charge in [0.25, 0.3) is 0 Å². The molecule has 1 fully saturated rings. The van der Waals surface area contributed by atoms with E-state index >= 15 is 0 Å². The Morgan fingerprint density at radius 1 is 0.903 bits per heavy atom. The molecule has 0 bridgehead atoms. The maximum absolute atomic E-state index is 11.5. The first kappa shape index (κ1) is 21.2. The van der Waals surface area contributed by atoms with Crippen LogP contribution in [0.25, 0.3) is 10.9 Å². The van der Waals surface area contributed by atoms with E-state index in [9.17, 15) is 4.79 Å². The van der Waals surface area contributed by atoms with E-state index in [-0.39, 0.29) is 5.56 Å². The molecule has 3 aromatic rings. The Balaban J connectivity index is 1.16. The van der Waals surface area contributed by atoms with Crippen molar-refractivity contribution in [2.24, 2.45) is 0 Å². The van der Waals surface area contributed by atoms with Crippen LogP contribution >= 0.6 is 0 Å². The molecular formula is C25H31N3O3. The summed E-state index contributed by atoms with van der Waals surface area (Å²) in [4.78, 5) is 19.3. The third kappa shape index (κ3) is 5.79. The Hall–Kier alpha value is -2.99. The minimum absolute atomic E-state index is 0.0910. The van der Waals surface area contributed by atoms with E-state index in [4.69, 9.17) is 9.47 Å². The molecule has 1 saturated heterocycles. The zero-order chi connectivity index (χ0) is 21.5. The fourth-order valence-corrected chi connectivity index (χ4v) is 4.01. The third-order valence-corrected chi connectivity index (χ3v) is 5.70. The maximum Gasteiger partial charge on any atom is 0.248 e. The Labute approximate surface area is 183 Å². The van der Waals surface area contributed by atoms with E-state index in [1.807, 2.05) is 37.3 Å². The van der Waals surface area contributed by atoms with Crippen LogP contribution in [-0.4, -0.2) is 55.8 Å². The van der Waals surface area contributed by atoms with E-state index < -0.39 is 0 Å². The minimum Gasteiger partial charge on any atom is -0.494 e. The fraction of sp³-hybridized carbons (Fsp3) is 0.400. The zero-order valence-electron chi connectivity index (χ0n) is 18.2. The number of anilines is 1. The number of rotatable bonds is 9. The van der Waals surface area contributed by atoms with Crippen LogP contribution in [0.1, 0.15) is 19.8 Å². The SMILES string of the molecule is CCOc1cccc(N2CCN(CCCCOc3ccc4ccc(=O)[nH]c4c3)CC2)c1. The van der Waals surface area contributed by atoms with Gasteiger partial charge in [0.05, 0.1) is 18.7 Å². The molecule has 0 radical (unpaired) electrons. The highest BCUT2D eigenvalue weighted by Gasteiger charge is 2.17. The van der Waals surface area contributed by atoms with Crippen LogP contribution in [0.4, 0.5) is 5.69 Å². The van der Waals surface area contributed by atoms with Gasteiger partial charge < -0.3 is 19.4 Å². The number of aromatic amines is 1. The van der Waals surface area contributed by atoms with Crippen molar-refractivity contribution < 1.29 is 9.47 Å². The average molecular weight is 422 g/mol. The summed E-state index contributed by atoms with van der Waals surface area (Å²) in [5, 5.41) is 1.01. The monoisotopic (exact) mass is 421 g/mol. The third-order valence-electron chi connectivity index (χ3n) is 5.70. The number of benzene rings is 2. The first-order valence-corrected chi connectivity index (χ1v) is 11.2. The van der Waals surface area contributed by atoms with Crippen molar-refractivity contribution in [3.8, 4) is 11.5 Å². The number of fused-ring (bicyclic) bond motifs is 1. The number of hydrogen-bond acceptors (Lipinski definition) is 5. The molecule has 4 rings (SSSR count). The summed E-state index contributed by atoms with van der Waals surface area (Å²) in [6.45, 7) is 8.74. The first-order valence-electron chi connectivity index (χ1n) is 11.2. The highest BCUT2D eigenvalue weighted by molar-refractivity contribution is 5.79. The summed E-state index contributed by atoms with van der Waals surface area (Å²) >= 11 is 0. The average Bonchev–Trinajstić information content (AvgIpc) is 2.79. The van der Waals surface area contributed by atoms with Crippen LogP contribution in [0.5, 0.6) is 11.5 Å². The van der Waals surface area contributed by atoms with Gasteiger partial charge in [-0.3, -0.25) is 9.69 Å². The van der Waals surface area contributed by atoms with Crippen molar-refractivity contribution >= 4 is 16.6 Å². The second-order valence-corrected chi connectivity index (χ2v) is 7.89.